The Morgan fingerprint density at radius 1 is 1.64 bits per heavy atom. The molecule has 0 aliphatic heterocycles. The van der Waals surface area contributed by atoms with Crippen molar-refractivity contribution in [3.63, 3.8) is 0 Å². The second kappa shape index (κ2) is 5.08. The summed E-state index contributed by atoms with van der Waals surface area (Å²) in [6.07, 6.45) is 1.10. The third-order valence-corrected chi connectivity index (χ3v) is 1.55. The van der Waals surface area contributed by atoms with E-state index in [1.54, 1.807) is 6.92 Å². The number of Topliss-reactive ketones (excluding diaryl/α,β-unsaturated/α-hetero) is 1. The van der Waals surface area contributed by atoms with Gasteiger partial charge in [0.25, 0.3) is 0 Å². The SMILES string of the molecule is C=C(C)C(=O)COC(C)CC. The van der Waals surface area contributed by atoms with Gasteiger partial charge < -0.3 is 4.74 Å². The molecule has 1 atom stereocenters. The summed E-state index contributed by atoms with van der Waals surface area (Å²) in [6.45, 7) is 9.37. The summed E-state index contributed by atoms with van der Waals surface area (Å²) in [5, 5.41) is 0. The Labute approximate surface area is 68.2 Å². The third-order valence-electron chi connectivity index (χ3n) is 1.55. The van der Waals surface area contributed by atoms with Crippen molar-refractivity contribution in [2.45, 2.75) is 33.3 Å². The molecule has 0 aliphatic rings. The summed E-state index contributed by atoms with van der Waals surface area (Å²) in [5.74, 6) is -0.00898. The molecule has 0 aromatic heterocycles. The highest BCUT2D eigenvalue weighted by atomic mass is 16.5. The molecule has 0 N–H and O–H groups in total. The lowest BCUT2D eigenvalue weighted by atomic mass is 10.2. The Balaban J connectivity index is 3.54. The fourth-order valence-corrected chi connectivity index (χ4v) is 0.459. The first-order chi connectivity index (χ1) is 5.07. The van der Waals surface area contributed by atoms with E-state index < -0.39 is 0 Å². The summed E-state index contributed by atoms with van der Waals surface area (Å²) in [6, 6.07) is 0. The predicted molar refractivity (Wildman–Crippen MR) is 45.5 cm³/mol. The lowest BCUT2D eigenvalue weighted by Crippen LogP contribution is -2.15. The molecule has 2 nitrogen and oxygen atoms in total. The van der Waals surface area contributed by atoms with Gasteiger partial charge in [-0.25, -0.2) is 0 Å². The molecular weight excluding hydrogens is 140 g/mol. The number of rotatable bonds is 5. The average Bonchev–Trinajstić information content (AvgIpc) is 1.99. The van der Waals surface area contributed by atoms with Crippen molar-refractivity contribution >= 4 is 5.78 Å². The maximum atomic E-state index is 10.9. The van der Waals surface area contributed by atoms with Crippen molar-refractivity contribution in [2.75, 3.05) is 6.61 Å². The number of carbonyl (C=O) groups is 1. The van der Waals surface area contributed by atoms with Gasteiger partial charge in [-0.05, 0) is 25.8 Å². The first kappa shape index (κ1) is 10.4. The van der Waals surface area contributed by atoms with Gasteiger partial charge in [-0.3, -0.25) is 4.79 Å². The Hall–Kier alpha value is -0.630. The summed E-state index contributed by atoms with van der Waals surface area (Å²) >= 11 is 0. The second-order valence-electron chi connectivity index (χ2n) is 2.73. The first-order valence-corrected chi connectivity index (χ1v) is 3.88. The van der Waals surface area contributed by atoms with Crippen LogP contribution in [0.2, 0.25) is 0 Å². The maximum absolute atomic E-state index is 10.9. The van der Waals surface area contributed by atoms with E-state index in [-0.39, 0.29) is 18.5 Å². The van der Waals surface area contributed by atoms with Crippen LogP contribution in [0.15, 0.2) is 12.2 Å². The van der Waals surface area contributed by atoms with Gasteiger partial charge in [0.05, 0.1) is 6.10 Å². The number of hydrogen-bond acceptors (Lipinski definition) is 2. The minimum Gasteiger partial charge on any atom is -0.370 e. The summed E-state index contributed by atoms with van der Waals surface area (Å²) in [4.78, 5) is 10.9. The third kappa shape index (κ3) is 4.73. The smallest absolute Gasteiger partial charge is 0.183 e. The molecule has 0 rings (SSSR count). The van der Waals surface area contributed by atoms with E-state index in [2.05, 4.69) is 6.58 Å². The molecular formula is C9H16O2. The molecule has 1 unspecified atom stereocenters. The highest BCUT2D eigenvalue weighted by Crippen LogP contribution is 1.98. The van der Waals surface area contributed by atoms with E-state index in [4.69, 9.17) is 4.74 Å². The van der Waals surface area contributed by atoms with E-state index >= 15 is 0 Å². The number of ether oxygens (including phenoxy) is 1. The lowest BCUT2D eigenvalue weighted by Gasteiger charge is -2.08. The van der Waals surface area contributed by atoms with E-state index in [1.807, 2.05) is 13.8 Å². The molecule has 0 heterocycles. The molecule has 0 aromatic rings. The van der Waals surface area contributed by atoms with Crippen molar-refractivity contribution in [2.24, 2.45) is 0 Å². The molecule has 0 amide bonds. The standard InChI is InChI=1S/C9H16O2/c1-5-8(4)11-6-9(10)7(2)3/h8H,2,5-6H2,1,3-4H3. The molecule has 0 saturated carbocycles. The molecule has 2 heteroatoms. The molecule has 0 aromatic carbocycles. The minimum atomic E-state index is -0.00898. The van der Waals surface area contributed by atoms with Gasteiger partial charge in [-0.15, -0.1) is 0 Å². The van der Waals surface area contributed by atoms with Crippen LogP contribution < -0.4 is 0 Å². The molecule has 0 radical (unpaired) electrons. The van der Waals surface area contributed by atoms with Crippen LogP contribution >= 0.6 is 0 Å². The van der Waals surface area contributed by atoms with Crippen LogP contribution in [0.4, 0.5) is 0 Å². The van der Waals surface area contributed by atoms with E-state index in [0.29, 0.717) is 5.57 Å². The summed E-state index contributed by atoms with van der Waals surface area (Å²) in [5.41, 5.74) is 0.563. The number of ketones is 1. The highest BCUT2D eigenvalue weighted by molar-refractivity contribution is 5.95. The van der Waals surface area contributed by atoms with Crippen LogP contribution in [0.5, 0.6) is 0 Å². The van der Waals surface area contributed by atoms with Gasteiger partial charge in [-0.2, -0.15) is 0 Å². The molecule has 0 saturated heterocycles. The normalized spacial score (nSPS) is 12.6. The van der Waals surface area contributed by atoms with Crippen LogP contribution in [0.25, 0.3) is 0 Å². The van der Waals surface area contributed by atoms with Crippen LogP contribution in [0, 0.1) is 0 Å². The van der Waals surface area contributed by atoms with Crippen LogP contribution in [0.3, 0.4) is 0 Å². The quantitative estimate of drug-likeness (QED) is 0.569. The van der Waals surface area contributed by atoms with Gasteiger partial charge >= 0.3 is 0 Å². The van der Waals surface area contributed by atoms with Gasteiger partial charge in [0, 0.05) is 0 Å². The fraction of sp³-hybridized carbons (Fsp3) is 0.667. The van der Waals surface area contributed by atoms with Gasteiger partial charge in [0.2, 0.25) is 0 Å². The molecule has 0 bridgehead atoms. The fourth-order valence-electron chi connectivity index (χ4n) is 0.459. The average molecular weight is 156 g/mol. The van der Waals surface area contributed by atoms with Crippen molar-refractivity contribution < 1.29 is 9.53 Å². The van der Waals surface area contributed by atoms with Crippen LogP contribution in [-0.2, 0) is 9.53 Å². The van der Waals surface area contributed by atoms with Crippen LogP contribution in [0.1, 0.15) is 27.2 Å². The molecule has 0 fully saturated rings. The number of hydrogen-bond donors (Lipinski definition) is 0. The molecule has 11 heavy (non-hydrogen) atoms. The lowest BCUT2D eigenvalue weighted by molar-refractivity contribution is -0.121. The Bertz CT molecular complexity index is 150. The maximum Gasteiger partial charge on any atom is 0.183 e. The minimum absolute atomic E-state index is 0.00898. The van der Waals surface area contributed by atoms with Crippen molar-refractivity contribution in [1.82, 2.24) is 0 Å². The Morgan fingerprint density at radius 3 is 2.55 bits per heavy atom. The molecule has 0 aliphatic carbocycles. The zero-order valence-electron chi connectivity index (χ0n) is 7.52. The monoisotopic (exact) mass is 156 g/mol. The Morgan fingerprint density at radius 2 is 2.18 bits per heavy atom. The van der Waals surface area contributed by atoms with Crippen molar-refractivity contribution in [1.29, 1.82) is 0 Å². The summed E-state index contributed by atoms with van der Waals surface area (Å²) in [7, 11) is 0. The summed E-state index contributed by atoms with van der Waals surface area (Å²) < 4.78 is 5.20. The largest absolute Gasteiger partial charge is 0.370 e. The van der Waals surface area contributed by atoms with Gasteiger partial charge in [0.15, 0.2) is 5.78 Å². The van der Waals surface area contributed by atoms with E-state index in [9.17, 15) is 4.79 Å². The van der Waals surface area contributed by atoms with Crippen molar-refractivity contribution in [3.8, 4) is 0 Å². The second-order valence-corrected chi connectivity index (χ2v) is 2.73. The predicted octanol–water partition coefficient (Wildman–Crippen LogP) is 1.95. The van der Waals surface area contributed by atoms with Crippen LogP contribution in [-0.4, -0.2) is 18.5 Å². The van der Waals surface area contributed by atoms with Crippen molar-refractivity contribution in [3.05, 3.63) is 12.2 Å². The highest BCUT2D eigenvalue weighted by Gasteiger charge is 2.04. The van der Waals surface area contributed by atoms with E-state index in [1.165, 1.54) is 0 Å². The van der Waals surface area contributed by atoms with Gasteiger partial charge in [0.1, 0.15) is 6.61 Å². The van der Waals surface area contributed by atoms with E-state index in [0.717, 1.165) is 6.42 Å². The molecule has 64 valence electrons. The zero-order chi connectivity index (χ0) is 8.85. The topological polar surface area (TPSA) is 26.3 Å². The van der Waals surface area contributed by atoms with Gasteiger partial charge in [-0.1, -0.05) is 13.5 Å². The Kier molecular flexibility index (Phi) is 4.79. The zero-order valence-corrected chi connectivity index (χ0v) is 7.52. The number of carbonyl (C=O) groups excluding carboxylic acids is 1. The molecule has 0 spiro atoms. The first-order valence-electron chi connectivity index (χ1n) is 3.88.